The first-order valence-electron chi connectivity index (χ1n) is 9.49. The standard InChI is InChI=1S/C22H29NO5S/c1-15-12-20(27-11-7-10-23-29(5,25)26)13-16(2)22(15)21-9-6-8-19(17(21)3)14-28-18(4)24/h6,8-9,12-13,23H,7,10-11,14H2,1-5H3. The Kier molecular flexibility index (Phi) is 7.81. The average Bonchev–Trinajstić information content (AvgIpc) is 2.60. The third-order valence-electron chi connectivity index (χ3n) is 4.61. The first kappa shape index (κ1) is 22.9. The zero-order valence-electron chi connectivity index (χ0n) is 17.7. The van der Waals surface area contributed by atoms with Crippen molar-refractivity contribution in [3.63, 3.8) is 0 Å². The summed E-state index contributed by atoms with van der Waals surface area (Å²) in [7, 11) is -3.17. The van der Waals surface area contributed by atoms with E-state index in [-0.39, 0.29) is 12.6 Å². The van der Waals surface area contributed by atoms with E-state index in [9.17, 15) is 13.2 Å². The second kappa shape index (κ2) is 9.89. The summed E-state index contributed by atoms with van der Waals surface area (Å²) in [5, 5.41) is 0. The lowest BCUT2D eigenvalue weighted by Crippen LogP contribution is -2.24. The number of hydrogen-bond donors (Lipinski definition) is 1. The van der Waals surface area contributed by atoms with Crippen LogP contribution in [0.4, 0.5) is 0 Å². The lowest BCUT2D eigenvalue weighted by molar-refractivity contribution is -0.142. The Morgan fingerprint density at radius 1 is 1.10 bits per heavy atom. The van der Waals surface area contributed by atoms with E-state index in [4.69, 9.17) is 9.47 Å². The van der Waals surface area contributed by atoms with Gasteiger partial charge in [-0.05, 0) is 72.7 Å². The lowest BCUT2D eigenvalue weighted by Gasteiger charge is -2.17. The Hall–Kier alpha value is -2.38. The van der Waals surface area contributed by atoms with Gasteiger partial charge in [-0.1, -0.05) is 18.2 Å². The van der Waals surface area contributed by atoms with Crippen LogP contribution in [0.2, 0.25) is 0 Å². The van der Waals surface area contributed by atoms with Crippen molar-refractivity contribution in [2.24, 2.45) is 0 Å². The topological polar surface area (TPSA) is 81.7 Å². The summed E-state index contributed by atoms with van der Waals surface area (Å²) >= 11 is 0. The largest absolute Gasteiger partial charge is 0.494 e. The summed E-state index contributed by atoms with van der Waals surface area (Å²) in [5.41, 5.74) is 6.48. The van der Waals surface area contributed by atoms with Crippen molar-refractivity contribution in [2.75, 3.05) is 19.4 Å². The molecule has 0 saturated carbocycles. The van der Waals surface area contributed by atoms with Crippen molar-refractivity contribution in [3.8, 4) is 16.9 Å². The quantitative estimate of drug-likeness (QED) is 0.495. The zero-order valence-corrected chi connectivity index (χ0v) is 18.5. The molecule has 0 unspecified atom stereocenters. The molecular formula is C22H29NO5S. The molecule has 2 rings (SSSR count). The van der Waals surface area contributed by atoms with Gasteiger partial charge in [0, 0.05) is 13.5 Å². The Labute approximate surface area is 173 Å². The molecule has 0 fully saturated rings. The maximum Gasteiger partial charge on any atom is 0.302 e. The van der Waals surface area contributed by atoms with Crippen molar-refractivity contribution in [3.05, 3.63) is 52.6 Å². The molecule has 0 aliphatic heterocycles. The lowest BCUT2D eigenvalue weighted by atomic mass is 9.90. The molecule has 0 amide bonds. The smallest absolute Gasteiger partial charge is 0.302 e. The Balaban J connectivity index is 2.15. The monoisotopic (exact) mass is 419 g/mol. The zero-order chi connectivity index (χ0) is 21.6. The van der Waals surface area contributed by atoms with Crippen LogP contribution >= 0.6 is 0 Å². The minimum Gasteiger partial charge on any atom is -0.494 e. The van der Waals surface area contributed by atoms with E-state index in [1.807, 2.05) is 45.0 Å². The Morgan fingerprint density at radius 2 is 1.76 bits per heavy atom. The number of esters is 1. The third kappa shape index (κ3) is 6.87. The number of hydrogen-bond acceptors (Lipinski definition) is 5. The molecule has 0 radical (unpaired) electrons. The van der Waals surface area contributed by atoms with Crippen LogP contribution in [-0.4, -0.2) is 33.8 Å². The van der Waals surface area contributed by atoms with Gasteiger partial charge in [0.05, 0.1) is 12.9 Å². The molecule has 0 aliphatic rings. The second-order valence-corrected chi connectivity index (χ2v) is 9.00. The fourth-order valence-corrected chi connectivity index (χ4v) is 3.76. The Morgan fingerprint density at radius 3 is 2.34 bits per heavy atom. The first-order valence-corrected chi connectivity index (χ1v) is 11.4. The van der Waals surface area contributed by atoms with Crippen LogP contribution in [-0.2, 0) is 26.2 Å². The summed E-state index contributed by atoms with van der Waals surface area (Å²) in [6.07, 6.45) is 1.73. The SMILES string of the molecule is CC(=O)OCc1cccc(-c2c(C)cc(OCCCNS(C)(=O)=O)cc2C)c1C. The minimum atomic E-state index is -3.17. The van der Waals surface area contributed by atoms with E-state index >= 15 is 0 Å². The van der Waals surface area contributed by atoms with Gasteiger partial charge in [-0.2, -0.15) is 0 Å². The van der Waals surface area contributed by atoms with Crippen LogP contribution in [0, 0.1) is 20.8 Å². The Bertz CT molecular complexity index is 960. The third-order valence-corrected chi connectivity index (χ3v) is 5.34. The van der Waals surface area contributed by atoms with Crippen molar-refractivity contribution in [2.45, 2.75) is 40.7 Å². The van der Waals surface area contributed by atoms with Gasteiger partial charge in [-0.3, -0.25) is 4.79 Å². The van der Waals surface area contributed by atoms with Crippen molar-refractivity contribution < 1.29 is 22.7 Å². The fraction of sp³-hybridized carbons (Fsp3) is 0.409. The predicted octanol–water partition coefficient (Wildman–Crippen LogP) is 3.66. The van der Waals surface area contributed by atoms with E-state index in [2.05, 4.69) is 10.8 Å². The molecule has 6 nitrogen and oxygen atoms in total. The van der Waals surface area contributed by atoms with Gasteiger partial charge in [0.2, 0.25) is 10.0 Å². The highest BCUT2D eigenvalue weighted by Gasteiger charge is 2.13. The van der Waals surface area contributed by atoms with E-state index in [0.29, 0.717) is 19.6 Å². The number of carbonyl (C=O) groups excluding carboxylic acids is 1. The van der Waals surface area contributed by atoms with E-state index in [1.165, 1.54) is 6.92 Å². The summed E-state index contributed by atoms with van der Waals surface area (Å²) in [6.45, 7) is 8.56. The first-order chi connectivity index (χ1) is 13.6. The maximum atomic E-state index is 11.1. The molecule has 7 heteroatoms. The highest BCUT2D eigenvalue weighted by Crippen LogP contribution is 2.34. The van der Waals surface area contributed by atoms with Crippen LogP contribution in [0.1, 0.15) is 35.6 Å². The molecule has 1 N–H and O–H groups in total. The van der Waals surface area contributed by atoms with Crippen LogP contribution in [0.15, 0.2) is 30.3 Å². The molecule has 29 heavy (non-hydrogen) atoms. The van der Waals surface area contributed by atoms with Gasteiger partial charge in [-0.25, -0.2) is 13.1 Å². The van der Waals surface area contributed by atoms with Crippen molar-refractivity contribution in [1.82, 2.24) is 4.72 Å². The molecule has 2 aromatic carbocycles. The van der Waals surface area contributed by atoms with Crippen LogP contribution < -0.4 is 9.46 Å². The van der Waals surface area contributed by atoms with Gasteiger partial charge >= 0.3 is 5.97 Å². The number of ether oxygens (including phenoxy) is 2. The molecule has 0 aromatic heterocycles. The van der Waals surface area contributed by atoms with Gasteiger partial charge in [-0.15, -0.1) is 0 Å². The van der Waals surface area contributed by atoms with Crippen LogP contribution in [0.5, 0.6) is 5.75 Å². The molecule has 158 valence electrons. The molecule has 2 aromatic rings. The van der Waals surface area contributed by atoms with Gasteiger partial charge < -0.3 is 9.47 Å². The summed E-state index contributed by atoms with van der Waals surface area (Å²) in [4.78, 5) is 11.1. The highest BCUT2D eigenvalue weighted by atomic mass is 32.2. The van der Waals surface area contributed by atoms with Crippen LogP contribution in [0.3, 0.4) is 0 Å². The number of nitrogens with one attached hydrogen (secondary N) is 1. The second-order valence-electron chi connectivity index (χ2n) is 7.17. The van der Waals surface area contributed by atoms with E-state index < -0.39 is 10.0 Å². The number of sulfonamides is 1. The van der Waals surface area contributed by atoms with Crippen LogP contribution in [0.25, 0.3) is 11.1 Å². The highest BCUT2D eigenvalue weighted by molar-refractivity contribution is 7.88. The number of benzene rings is 2. The summed E-state index contributed by atoms with van der Waals surface area (Å²) < 4.78 is 35.6. The summed E-state index contributed by atoms with van der Waals surface area (Å²) in [5.74, 6) is 0.465. The predicted molar refractivity (Wildman–Crippen MR) is 115 cm³/mol. The van der Waals surface area contributed by atoms with E-state index in [1.54, 1.807) is 0 Å². The minimum absolute atomic E-state index is 0.260. The molecule has 0 heterocycles. The van der Waals surface area contributed by atoms with Crippen molar-refractivity contribution in [1.29, 1.82) is 0 Å². The number of aryl methyl sites for hydroxylation is 2. The normalized spacial score (nSPS) is 11.3. The summed E-state index contributed by atoms with van der Waals surface area (Å²) in [6, 6.07) is 9.99. The molecule has 0 spiro atoms. The molecule has 0 saturated heterocycles. The molecule has 0 bridgehead atoms. The average molecular weight is 420 g/mol. The number of rotatable bonds is 9. The molecule has 0 atom stereocenters. The van der Waals surface area contributed by atoms with E-state index in [0.717, 1.165) is 45.4 Å². The fourth-order valence-electron chi connectivity index (χ4n) is 3.24. The van der Waals surface area contributed by atoms with Gasteiger partial charge in [0.1, 0.15) is 12.4 Å². The van der Waals surface area contributed by atoms with Gasteiger partial charge in [0.25, 0.3) is 0 Å². The molecular weight excluding hydrogens is 390 g/mol. The number of carbonyl (C=O) groups is 1. The maximum absolute atomic E-state index is 11.1. The van der Waals surface area contributed by atoms with Gasteiger partial charge in [0.15, 0.2) is 0 Å². The van der Waals surface area contributed by atoms with Crippen molar-refractivity contribution >= 4 is 16.0 Å². The molecule has 0 aliphatic carbocycles.